The van der Waals surface area contributed by atoms with E-state index in [0.717, 1.165) is 18.2 Å². The van der Waals surface area contributed by atoms with E-state index >= 15 is 4.39 Å². The minimum Gasteiger partial charge on any atom is -0.508 e. The lowest BCUT2D eigenvalue weighted by Gasteiger charge is -2.50. The van der Waals surface area contributed by atoms with Crippen LogP contribution in [0.15, 0.2) is 47.2 Å². The van der Waals surface area contributed by atoms with Gasteiger partial charge in [-0.05, 0) is 51.1 Å². The van der Waals surface area contributed by atoms with Gasteiger partial charge in [-0.1, -0.05) is 6.07 Å². The van der Waals surface area contributed by atoms with E-state index in [0.29, 0.717) is 12.1 Å². The summed E-state index contributed by atoms with van der Waals surface area (Å²) in [6.07, 6.45) is -5.36. The predicted octanol–water partition coefficient (Wildman–Crippen LogP) is 2.37. The van der Waals surface area contributed by atoms with Crippen LogP contribution in [0.3, 0.4) is 0 Å². The van der Waals surface area contributed by atoms with Gasteiger partial charge in [0, 0.05) is 28.7 Å². The first kappa shape index (κ1) is 30.7. The minimum absolute atomic E-state index is 0.264. The molecule has 3 aliphatic carbocycles. The maximum Gasteiger partial charge on any atom is 0.416 e. The quantitative estimate of drug-likeness (QED) is 0.170. The fourth-order valence-corrected chi connectivity index (χ4v) is 6.39. The van der Waals surface area contributed by atoms with Crippen LogP contribution in [0.25, 0.3) is 5.76 Å². The number of ketones is 2. The Hall–Kier alpha value is -4.76. The predicted molar refractivity (Wildman–Crippen MR) is 144 cm³/mol. The number of fused-ring (bicyclic) bond motifs is 3. The second-order valence-electron chi connectivity index (χ2n) is 11.1. The lowest BCUT2D eigenvalue weighted by molar-refractivity contribution is -0.153. The number of hydrogen-bond acceptors (Lipinski definition) is 9. The van der Waals surface area contributed by atoms with Crippen molar-refractivity contribution in [3.05, 3.63) is 75.3 Å². The van der Waals surface area contributed by atoms with E-state index in [1.165, 1.54) is 19.0 Å². The molecule has 11 nitrogen and oxygen atoms in total. The van der Waals surface area contributed by atoms with Gasteiger partial charge in [-0.25, -0.2) is 4.39 Å². The third-order valence-electron chi connectivity index (χ3n) is 8.37. The lowest BCUT2D eigenvalue weighted by atomic mass is 9.57. The number of phenols is 1. The number of nitrogens with one attached hydrogen (secondary N) is 1. The molecule has 0 unspecified atom stereocenters. The Balaban J connectivity index is 1.61. The number of aliphatic hydroxyl groups is 3. The number of carbonyl (C=O) groups excluding carboxylic acids is 4. The van der Waals surface area contributed by atoms with E-state index in [1.807, 2.05) is 0 Å². The standard InChI is InChI=1S/C29H25F4N3O8/c1-36(2)20-14-8-11-7-13-15(30)9-16(35-27(43)10-4-3-5-12(6-10)29(31,32)33)21(37)18(13)22(38)17(11)24(40)28(14,44)25(41)19(23(20)39)26(34)42/h3-6,9,11,14,20,37-38,41,44H,7-8H2,1-2H3,(H2,34,42)(H,35,43)/t11-,14-,20-,28-/m0/s1. The number of hydrogen-bond donors (Lipinski definition) is 6. The summed E-state index contributed by atoms with van der Waals surface area (Å²) in [5.41, 5.74) is -2.37. The number of Topliss-reactive ketones (excluding diaryl/α,β-unsaturated/α-hetero) is 2. The molecule has 0 bridgehead atoms. The van der Waals surface area contributed by atoms with E-state index in [4.69, 9.17) is 5.73 Å². The van der Waals surface area contributed by atoms with Gasteiger partial charge in [0.1, 0.15) is 22.9 Å². The van der Waals surface area contributed by atoms with Gasteiger partial charge in [-0.15, -0.1) is 0 Å². The van der Waals surface area contributed by atoms with Gasteiger partial charge in [-0.3, -0.25) is 24.1 Å². The lowest BCUT2D eigenvalue weighted by Crippen LogP contribution is -2.65. The van der Waals surface area contributed by atoms with Crippen LogP contribution in [-0.4, -0.2) is 74.4 Å². The van der Waals surface area contributed by atoms with E-state index < -0.39 is 110 Å². The van der Waals surface area contributed by atoms with Crippen molar-refractivity contribution in [2.75, 3.05) is 19.4 Å². The van der Waals surface area contributed by atoms with Crippen LogP contribution in [0.4, 0.5) is 23.2 Å². The van der Waals surface area contributed by atoms with Crippen molar-refractivity contribution >= 4 is 34.8 Å². The van der Waals surface area contributed by atoms with E-state index in [2.05, 4.69) is 5.32 Å². The maximum absolute atomic E-state index is 15.5. The van der Waals surface area contributed by atoms with E-state index in [-0.39, 0.29) is 18.4 Å². The van der Waals surface area contributed by atoms with Crippen LogP contribution in [-0.2, 0) is 27.0 Å². The number of primary amides is 1. The molecule has 15 heteroatoms. The molecule has 3 aliphatic rings. The summed E-state index contributed by atoms with van der Waals surface area (Å²) >= 11 is 0. The molecule has 0 aliphatic heterocycles. The van der Waals surface area contributed by atoms with Gasteiger partial charge in [0.25, 0.3) is 11.8 Å². The number of benzene rings is 2. The number of rotatable bonds is 4. The SMILES string of the molecule is CN(C)[C@@H]1C(=O)C(C(N)=O)=C(O)[C@@]2(O)C(=O)C3=C(O)c4c(O)c(NC(=O)c5cccc(C(F)(F)F)c5)cc(F)c4C[C@H]3C[C@@H]12. The highest BCUT2D eigenvalue weighted by Crippen LogP contribution is 2.53. The number of nitrogens with two attached hydrogens (primary N) is 1. The monoisotopic (exact) mass is 619 g/mol. The van der Waals surface area contributed by atoms with Crippen molar-refractivity contribution in [3.8, 4) is 5.75 Å². The molecule has 44 heavy (non-hydrogen) atoms. The van der Waals surface area contributed by atoms with Crippen molar-refractivity contribution in [1.82, 2.24) is 4.90 Å². The van der Waals surface area contributed by atoms with Crippen LogP contribution < -0.4 is 11.1 Å². The molecule has 2 aromatic carbocycles. The van der Waals surface area contributed by atoms with Gasteiger partial charge in [-0.2, -0.15) is 13.2 Å². The molecule has 1 saturated carbocycles. The second kappa shape index (κ2) is 10.2. The Morgan fingerprint density at radius 2 is 1.77 bits per heavy atom. The molecule has 0 saturated heterocycles. The molecule has 2 amide bonds. The highest BCUT2D eigenvalue weighted by atomic mass is 19.4. The van der Waals surface area contributed by atoms with Crippen LogP contribution in [0.5, 0.6) is 5.75 Å². The summed E-state index contributed by atoms with van der Waals surface area (Å²) in [6, 6.07) is 2.67. The van der Waals surface area contributed by atoms with Gasteiger partial charge in [0.05, 0.1) is 22.9 Å². The number of amides is 2. The van der Waals surface area contributed by atoms with Crippen LogP contribution in [0.2, 0.25) is 0 Å². The zero-order valence-electron chi connectivity index (χ0n) is 23.0. The summed E-state index contributed by atoms with van der Waals surface area (Å²) in [5, 5.41) is 46.8. The minimum atomic E-state index is -4.76. The number of carbonyl (C=O) groups is 4. The average Bonchev–Trinajstić information content (AvgIpc) is 2.92. The highest BCUT2D eigenvalue weighted by Gasteiger charge is 2.64. The summed E-state index contributed by atoms with van der Waals surface area (Å²) in [5.74, 6) is -11.5. The topological polar surface area (TPSA) is 190 Å². The number of halogens is 4. The van der Waals surface area contributed by atoms with Crippen molar-refractivity contribution < 1.29 is 57.2 Å². The smallest absolute Gasteiger partial charge is 0.416 e. The van der Waals surface area contributed by atoms with Crippen molar-refractivity contribution in [2.24, 2.45) is 17.6 Å². The molecule has 1 fully saturated rings. The number of aromatic hydroxyl groups is 1. The molecule has 5 rings (SSSR count). The largest absolute Gasteiger partial charge is 0.508 e. The Labute approximate surface area is 245 Å². The Morgan fingerprint density at radius 3 is 2.36 bits per heavy atom. The molecule has 0 aromatic heterocycles. The summed E-state index contributed by atoms with van der Waals surface area (Å²) in [6.45, 7) is 0. The van der Waals surface area contributed by atoms with Gasteiger partial charge in [0.15, 0.2) is 17.1 Å². The normalized spacial score (nSPS) is 25.0. The molecule has 4 atom stereocenters. The molecular weight excluding hydrogens is 594 g/mol. The third-order valence-corrected chi connectivity index (χ3v) is 8.37. The first-order chi connectivity index (χ1) is 20.4. The second-order valence-corrected chi connectivity index (χ2v) is 11.1. The zero-order chi connectivity index (χ0) is 32.6. The fraction of sp³-hybridized carbons (Fsp3) is 0.310. The third kappa shape index (κ3) is 4.42. The zero-order valence-corrected chi connectivity index (χ0v) is 23.0. The summed E-state index contributed by atoms with van der Waals surface area (Å²) in [7, 11) is 2.86. The van der Waals surface area contributed by atoms with Gasteiger partial charge >= 0.3 is 6.18 Å². The van der Waals surface area contributed by atoms with Crippen molar-refractivity contribution in [1.29, 1.82) is 0 Å². The van der Waals surface area contributed by atoms with Gasteiger partial charge < -0.3 is 31.5 Å². The van der Waals surface area contributed by atoms with Crippen molar-refractivity contribution in [3.63, 3.8) is 0 Å². The Bertz CT molecular complexity index is 1730. The number of alkyl halides is 3. The first-order valence-corrected chi connectivity index (χ1v) is 13.1. The summed E-state index contributed by atoms with van der Waals surface area (Å²) in [4.78, 5) is 53.1. The fourth-order valence-electron chi connectivity index (χ4n) is 6.39. The van der Waals surface area contributed by atoms with E-state index in [1.54, 1.807) is 0 Å². The number of phenolic OH excluding ortho intramolecular Hbond substituents is 1. The Kier molecular flexibility index (Phi) is 7.09. The highest BCUT2D eigenvalue weighted by molar-refractivity contribution is 6.24. The molecule has 0 spiro atoms. The molecule has 0 radical (unpaired) electrons. The number of nitrogens with zero attached hydrogens (tertiary/aromatic N) is 1. The van der Waals surface area contributed by atoms with Crippen LogP contribution in [0, 0.1) is 17.7 Å². The first-order valence-electron chi connectivity index (χ1n) is 13.1. The maximum atomic E-state index is 15.5. The average molecular weight is 620 g/mol. The Morgan fingerprint density at radius 1 is 1.11 bits per heavy atom. The van der Waals surface area contributed by atoms with Crippen molar-refractivity contribution in [2.45, 2.75) is 30.7 Å². The molecular formula is C29H25F4N3O8. The molecule has 7 N–H and O–H groups in total. The van der Waals surface area contributed by atoms with Crippen LogP contribution in [0.1, 0.15) is 33.5 Å². The number of likely N-dealkylation sites (N-methyl/N-ethyl adjacent to an activating group) is 1. The molecule has 0 heterocycles. The van der Waals surface area contributed by atoms with Gasteiger partial charge in [0.2, 0.25) is 5.78 Å². The van der Waals surface area contributed by atoms with E-state index in [9.17, 15) is 52.8 Å². The van der Waals surface area contributed by atoms with Crippen LogP contribution >= 0.6 is 0 Å². The summed E-state index contributed by atoms with van der Waals surface area (Å²) < 4.78 is 54.8. The number of anilines is 1. The number of aliphatic hydroxyl groups excluding tert-OH is 2. The molecule has 232 valence electrons. The molecule has 2 aromatic rings.